The van der Waals surface area contributed by atoms with Crippen LogP contribution in [0, 0.1) is 11.8 Å². The van der Waals surface area contributed by atoms with Gasteiger partial charge in [-0.15, -0.1) is 0 Å². The van der Waals surface area contributed by atoms with Crippen LogP contribution in [0.3, 0.4) is 0 Å². The van der Waals surface area contributed by atoms with E-state index in [1.807, 2.05) is 0 Å². The molecule has 1 unspecified atom stereocenters. The Morgan fingerprint density at radius 2 is 1.68 bits per heavy atom. The summed E-state index contributed by atoms with van der Waals surface area (Å²) in [7, 11) is 0. The summed E-state index contributed by atoms with van der Waals surface area (Å²) < 4.78 is 11.5. The quantitative estimate of drug-likeness (QED) is 0.785. The maximum atomic E-state index is 11.9. The summed E-state index contributed by atoms with van der Waals surface area (Å²) in [5, 5.41) is 6.03. The van der Waals surface area contributed by atoms with Gasteiger partial charge in [-0.2, -0.15) is 0 Å². The van der Waals surface area contributed by atoms with Crippen molar-refractivity contribution in [1.82, 2.24) is 10.6 Å². The Labute approximate surface area is 132 Å². The molecule has 1 heterocycles. The van der Waals surface area contributed by atoms with Gasteiger partial charge in [0.05, 0.1) is 13.2 Å². The SMILES string of the molecule is O=C(NCC1CC=CCC1)NCC1CCC2(CC1)OCCO2. The Hall–Kier alpha value is -1.07. The highest BCUT2D eigenvalue weighted by Crippen LogP contribution is 2.37. The Bertz CT molecular complexity index is 395. The van der Waals surface area contributed by atoms with Gasteiger partial charge in [0.25, 0.3) is 0 Å². The van der Waals surface area contributed by atoms with Gasteiger partial charge in [0, 0.05) is 25.9 Å². The van der Waals surface area contributed by atoms with Crippen LogP contribution < -0.4 is 10.6 Å². The average Bonchev–Trinajstić information content (AvgIpc) is 3.02. The van der Waals surface area contributed by atoms with E-state index in [-0.39, 0.29) is 11.8 Å². The van der Waals surface area contributed by atoms with Crippen LogP contribution in [-0.4, -0.2) is 38.1 Å². The minimum atomic E-state index is -0.298. The van der Waals surface area contributed by atoms with Crippen LogP contribution in [0.15, 0.2) is 12.2 Å². The molecule has 2 amide bonds. The molecule has 3 rings (SSSR count). The molecule has 1 spiro atoms. The van der Waals surface area contributed by atoms with E-state index in [1.165, 1.54) is 6.42 Å². The summed E-state index contributed by atoms with van der Waals surface area (Å²) in [6.07, 6.45) is 11.9. The molecular formula is C17H28N2O3. The summed E-state index contributed by atoms with van der Waals surface area (Å²) in [4.78, 5) is 11.9. The van der Waals surface area contributed by atoms with Gasteiger partial charge in [0.2, 0.25) is 0 Å². The third-order valence-corrected chi connectivity index (χ3v) is 5.16. The second kappa shape index (κ2) is 7.47. The van der Waals surface area contributed by atoms with E-state index >= 15 is 0 Å². The summed E-state index contributed by atoms with van der Waals surface area (Å²) in [6.45, 7) is 2.99. The first-order chi connectivity index (χ1) is 10.8. The zero-order chi connectivity index (χ0) is 15.3. The molecular weight excluding hydrogens is 280 g/mol. The molecule has 0 aromatic carbocycles. The first-order valence-electron chi connectivity index (χ1n) is 8.70. The van der Waals surface area contributed by atoms with E-state index in [9.17, 15) is 4.79 Å². The maximum absolute atomic E-state index is 11.9. The van der Waals surface area contributed by atoms with E-state index in [0.717, 1.165) is 64.8 Å². The van der Waals surface area contributed by atoms with Crippen molar-refractivity contribution in [2.75, 3.05) is 26.3 Å². The van der Waals surface area contributed by atoms with Gasteiger partial charge in [-0.1, -0.05) is 12.2 Å². The molecule has 3 aliphatic rings. The summed E-state index contributed by atoms with van der Waals surface area (Å²) in [6, 6.07) is -0.0248. The van der Waals surface area contributed by atoms with Crippen molar-refractivity contribution >= 4 is 6.03 Å². The molecule has 1 atom stereocenters. The van der Waals surface area contributed by atoms with E-state index in [4.69, 9.17) is 9.47 Å². The molecule has 1 saturated carbocycles. The molecule has 0 aromatic heterocycles. The minimum Gasteiger partial charge on any atom is -0.348 e. The van der Waals surface area contributed by atoms with Gasteiger partial charge in [0.15, 0.2) is 5.79 Å². The number of amides is 2. The Morgan fingerprint density at radius 1 is 1.00 bits per heavy atom. The van der Waals surface area contributed by atoms with Crippen LogP contribution in [0.2, 0.25) is 0 Å². The van der Waals surface area contributed by atoms with Gasteiger partial charge in [-0.3, -0.25) is 0 Å². The average molecular weight is 308 g/mol. The van der Waals surface area contributed by atoms with Crippen molar-refractivity contribution < 1.29 is 14.3 Å². The van der Waals surface area contributed by atoms with Crippen LogP contribution in [0.5, 0.6) is 0 Å². The van der Waals surface area contributed by atoms with Crippen molar-refractivity contribution in [2.24, 2.45) is 11.8 Å². The predicted molar refractivity (Wildman–Crippen MR) is 84.5 cm³/mol. The first-order valence-corrected chi connectivity index (χ1v) is 8.70. The van der Waals surface area contributed by atoms with Gasteiger partial charge in [-0.25, -0.2) is 4.79 Å². The number of carbonyl (C=O) groups is 1. The van der Waals surface area contributed by atoms with Crippen molar-refractivity contribution in [3.63, 3.8) is 0 Å². The number of hydrogen-bond acceptors (Lipinski definition) is 3. The predicted octanol–water partition coefficient (Wildman–Crippen LogP) is 2.58. The normalized spacial score (nSPS) is 27.9. The number of nitrogens with one attached hydrogen (secondary N) is 2. The minimum absolute atomic E-state index is 0.0248. The van der Waals surface area contributed by atoms with E-state index < -0.39 is 0 Å². The van der Waals surface area contributed by atoms with Crippen molar-refractivity contribution in [3.05, 3.63) is 12.2 Å². The van der Waals surface area contributed by atoms with Gasteiger partial charge in [0.1, 0.15) is 0 Å². The lowest BCUT2D eigenvalue weighted by atomic mass is 9.85. The molecule has 5 nitrogen and oxygen atoms in total. The summed E-state index contributed by atoms with van der Waals surface area (Å²) in [5.74, 6) is 0.844. The number of urea groups is 1. The second-order valence-electron chi connectivity index (χ2n) is 6.79. The van der Waals surface area contributed by atoms with Crippen molar-refractivity contribution in [1.29, 1.82) is 0 Å². The highest BCUT2D eigenvalue weighted by atomic mass is 16.7. The third-order valence-electron chi connectivity index (χ3n) is 5.16. The number of carbonyl (C=O) groups excluding carboxylic acids is 1. The zero-order valence-corrected chi connectivity index (χ0v) is 13.3. The molecule has 2 N–H and O–H groups in total. The Balaban J connectivity index is 1.29. The van der Waals surface area contributed by atoms with Crippen LogP contribution in [-0.2, 0) is 9.47 Å². The molecule has 2 fully saturated rings. The Kier molecular flexibility index (Phi) is 5.37. The Morgan fingerprint density at radius 3 is 2.32 bits per heavy atom. The third kappa shape index (κ3) is 4.23. The number of ether oxygens (including phenoxy) is 2. The second-order valence-corrected chi connectivity index (χ2v) is 6.79. The fourth-order valence-electron chi connectivity index (χ4n) is 3.69. The van der Waals surface area contributed by atoms with Crippen molar-refractivity contribution in [2.45, 2.75) is 50.7 Å². The molecule has 1 saturated heterocycles. The highest BCUT2D eigenvalue weighted by molar-refractivity contribution is 5.73. The fourth-order valence-corrected chi connectivity index (χ4v) is 3.69. The van der Waals surface area contributed by atoms with Gasteiger partial charge in [-0.05, 0) is 43.9 Å². The molecule has 2 aliphatic carbocycles. The van der Waals surface area contributed by atoms with Crippen LogP contribution in [0.25, 0.3) is 0 Å². The van der Waals surface area contributed by atoms with E-state index in [0.29, 0.717) is 11.8 Å². The van der Waals surface area contributed by atoms with Crippen molar-refractivity contribution in [3.8, 4) is 0 Å². The molecule has 124 valence electrons. The summed E-state index contributed by atoms with van der Waals surface area (Å²) >= 11 is 0. The number of rotatable bonds is 4. The lowest BCUT2D eigenvalue weighted by Crippen LogP contribution is -2.42. The topological polar surface area (TPSA) is 59.6 Å². The molecule has 0 radical (unpaired) electrons. The number of hydrogen-bond donors (Lipinski definition) is 2. The van der Waals surface area contributed by atoms with Crippen LogP contribution in [0.4, 0.5) is 4.79 Å². The summed E-state index contributed by atoms with van der Waals surface area (Å²) in [5.41, 5.74) is 0. The fraction of sp³-hybridized carbons (Fsp3) is 0.824. The molecule has 22 heavy (non-hydrogen) atoms. The molecule has 0 aromatic rings. The molecule has 5 heteroatoms. The monoisotopic (exact) mass is 308 g/mol. The smallest absolute Gasteiger partial charge is 0.314 e. The van der Waals surface area contributed by atoms with Gasteiger partial charge >= 0.3 is 6.03 Å². The number of allylic oxidation sites excluding steroid dienone is 2. The maximum Gasteiger partial charge on any atom is 0.314 e. The van der Waals surface area contributed by atoms with E-state index in [1.54, 1.807) is 0 Å². The lowest BCUT2D eigenvalue weighted by Gasteiger charge is -2.35. The standard InChI is InChI=1S/C17H28N2O3/c20-16(18-12-14-4-2-1-3-5-14)19-13-15-6-8-17(9-7-15)21-10-11-22-17/h1-2,14-15H,3-13H2,(H2,18,19,20). The largest absolute Gasteiger partial charge is 0.348 e. The first kappa shape index (κ1) is 15.8. The highest BCUT2D eigenvalue weighted by Gasteiger charge is 2.40. The lowest BCUT2D eigenvalue weighted by molar-refractivity contribution is -0.182. The van der Waals surface area contributed by atoms with Crippen LogP contribution in [0.1, 0.15) is 44.9 Å². The molecule has 0 bridgehead atoms. The van der Waals surface area contributed by atoms with E-state index in [2.05, 4.69) is 22.8 Å². The molecule has 1 aliphatic heterocycles. The zero-order valence-electron chi connectivity index (χ0n) is 13.3. The van der Waals surface area contributed by atoms with Gasteiger partial charge < -0.3 is 20.1 Å². The van der Waals surface area contributed by atoms with Crippen LogP contribution >= 0.6 is 0 Å².